The smallest absolute Gasteiger partial charge is 0.162 e. The quantitative estimate of drug-likeness (QED) is 0.762. The summed E-state index contributed by atoms with van der Waals surface area (Å²) in [4.78, 5) is 0. The van der Waals surface area contributed by atoms with Gasteiger partial charge in [0.2, 0.25) is 0 Å². The molecule has 1 heterocycles. The van der Waals surface area contributed by atoms with Gasteiger partial charge in [-0.3, -0.25) is 0 Å². The van der Waals surface area contributed by atoms with Crippen molar-refractivity contribution in [1.82, 2.24) is 0 Å². The zero-order chi connectivity index (χ0) is 14.3. The van der Waals surface area contributed by atoms with Gasteiger partial charge in [-0.25, -0.2) is 4.39 Å². The van der Waals surface area contributed by atoms with Crippen molar-refractivity contribution in [3.8, 4) is 5.75 Å². The van der Waals surface area contributed by atoms with Crippen LogP contribution in [0.15, 0.2) is 30.3 Å². The Labute approximate surface area is 130 Å². The highest BCUT2D eigenvalue weighted by molar-refractivity contribution is 6.42. The predicted molar refractivity (Wildman–Crippen MR) is 79.7 cm³/mol. The Bertz CT molecular complexity index is 678. The van der Waals surface area contributed by atoms with Crippen molar-refractivity contribution in [3.05, 3.63) is 56.8 Å². The van der Waals surface area contributed by atoms with Crippen LogP contribution in [0.2, 0.25) is 15.1 Å². The van der Waals surface area contributed by atoms with Crippen molar-refractivity contribution in [3.63, 3.8) is 0 Å². The van der Waals surface area contributed by atoms with Crippen LogP contribution < -0.4 is 10.1 Å². The Kier molecular flexibility index (Phi) is 3.67. The van der Waals surface area contributed by atoms with E-state index in [0.29, 0.717) is 28.0 Å². The zero-order valence-electron chi connectivity index (χ0n) is 10.1. The van der Waals surface area contributed by atoms with E-state index in [2.05, 4.69) is 5.32 Å². The molecule has 0 aromatic heterocycles. The highest BCUT2D eigenvalue weighted by Crippen LogP contribution is 2.41. The van der Waals surface area contributed by atoms with E-state index >= 15 is 0 Å². The minimum atomic E-state index is -0.405. The maximum absolute atomic E-state index is 13.3. The highest BCUT2D eigenvalue weighted by atomic mass is 35.5. The van der Waals surface area contributed by atoms with Gasteiger partial charge in [-0.1, -0.05) is 40.9 Å². The van der Waals surface area contributed by atoms with E-state index in [1.165, 1.54) is 12.1 Å². The predicted octanol–water partition coefficient (Wildman–Crippen LogP) is 5.33. The van der Waals surface area contributed by atoms with Crippen LogP contribution in [-0.2, 0) is 0 Å². The van der Waals surface area contributed by atoms with E-state index in [9.17, 15) is 4.39 Å². The minimum Gasteiger partial charge on any atom is -0.480 e. The van der Waals surface area contributed by atoms with Crippen molar-refractivity contribution < 1.29 is 9.13 Å². The molecule has 1 aliphatic rings. The molecule has 0 amide bonds. The molecule has 0 spiro atoms. The third kappa shape index (κ3) is 2.53. The van der Waals surface area contributed by atoms with Crippen LogP contribution in [0.5, 0.6) is 5.75 Å². The molecule has 0 saturated heterocycles. The van der Waals surface area contributed by atoms with Crippen LogP contribution in [0.1, 0.15) is 11.7 Å². The number of benzene rings is 2. The van der Waals surface area contributed by atoms with Gasteiger partial charge in [-0.05, 0) is 23.8 Å². The third-order valence-corrected chi connectivity index (χ3v) is 4.08. The average molecular weight is 333 g/mol. The summed E-state index contributed by atoms with van der Waals surface area (Å²) in [5.74, 6) is 0.0354. The Morgan fingerprint density at radius 2 is 1.85 bits per heavy atom. The molecule has 1 aliphatic heterocycles. The van der Waals surface area contributed by atoms with Gasteiger partial charge in [0.05, 0.1) is 27.3 Å². The van der Waals surface area contributed by atoms with Gasteiger partial charge in [-0.15, -0.1) is 0 Å². The summed E-state index contributed by atoms with van der Waals surface area (Å²) in [5.41, 5.74) is 1.42. The molecule has 1 unspecified atom stereocenters. The van der Waals surface area contributed by atoms with E-state index in [-0.39, 0.29) is 11.1 Å². The van der Waals surface area contributed by atoms with Crippen molar-refractivity contribution in [2.24, 2.45) is 0 Å². The Balaban J connectivity index is 1.93. The van der Waals surface area contributed by atoms with Gasteiger partial charge >= 0.3 is 0 Å². The lowest BCUT2D eigenvalue weighted by Gasteiger charge is -2.28. The van der Waals surface area contributed by atoms with E-state index < -0.39 is 5.82 Å². The molecule has 3 rings (SSSR count). The zero-order valence-corrected chi connectivity index (χ0v) is 12.4. The van der Waals surface area contributed by atoms with Crippen molar-refractivity contribution in [2.75, 3.05) is 11.9 Å². The van der Waals surface area contributed by atoms with Gasteiger partial charge in [0.15, 0.2) is 5.75 Å². The number of hydrogen-bond donors (Lipinski definition) is 1. The summed E-state index contributed by atoms with van der Waals surface area (Å²) in [6.45, 7) is 0.491. The Morgan fingerprint density at radius 3 is 2.60 bits per heavy atom. The Morgan fingerprint density at radius 1 is 1.05 bits per heavy atom. The van der Waals surface area contributed by atoms with Gasteiger partial charge in [0.1, 0.15) is 11.9 Å². The van der Waals surface area contributed by atoms with Crippen LogP contribution >= 0.6 is 34.8 Å². The molecule has 104 valence electrons. The fraction of sp³-hybridized carbons (Fsp3) is 0.143. The molecule has 2 nitrogen and oxygen atoms in total. The number of fused-ring (bicyclic) bond motifs is 1. The third-order valence-electron chi connectivity index (χ3n) is 3.06. The Hall–Kier alpha value is -1.16. The molecule has 0 radical (unpaired) electrons. The topological polar surface area (TPSA) is 21.3 Å². The number of anilines is 1. The maximum atomic E-state index is 13.3. The molecule has 0 bridgehead atoms. The first-order valence-corrected chi connectivity index (χ1v) is 7.02. The molecule has 1 atom stereocenters. The molecule has 6 heteroatoms. The first kappa shape index (κ1) is 13.8. The average Bonchev–Trinajstić information content (AvgIpc) is 2.41. The number of hydrogen-bond acceptors (Lipinski definition) is 2. The summed E-state index contributed by atoms with van der Waals surface area (Å²) in [5, 5.41) is 4.28. The van der Waals surface area contributed by atoms with Crippen molar-refractivity contribution in [1.29, 1.82) is 0 Å². The van der Waals surface area contributed by atoms with Crippen LogP contribution in [0.25, 0.3) is 0 Å². The summed E-state index contributed by atoms with van der Waals surface area (Å²) in [6, 6.07) is 7.87. The number of halogens is 4. The SMILES string of the molecule is Fc1cc(Cl)c2c(c1)NCC(c1ccc(Cl)c(Cl)c1)O2. The van der Waals surface area contributed by atoms with Crippen molar-refractivity contribution >= 4 is 40.5 Å². The van der Waals surface area contributed by atoms with Crippen LogP contribution in [-0.4, -0.2) is 6.54 Å². The van der Waals surface area contributed by atoms with E-state index in [4.69, 9.17) is 39.5 Å². The van der Waals surface area contributed by atoms with Gasteiger partial charge in [0, 0.05) is 6.07 Å². The standard InChI is InChI=1S/C14H9Cl3FNO/c15-9-2-1-7(3-10(9)16)13-6-19-12-5-8(18)4-11(17)14(12)20-13/h1-5,13,19H,6H2. The number of rotatable bonds is 1. The minimum absolute atomic E-state index is 0.234. The molecular weight excluding hydrogens is 324 g/mol. The molecule has 0 aliphatic carbocycles. The van der Waals surface area contributed by atoms with Crippen LogP contribution in [0.4, 0.5) is 10.1 Å². The van der Waals surface area contributed by atoms with Gasteiger partial charge in [0.25, 0.3) is 0 Å². The second-order valence-corrected chi connectivity index (χ2v) is 5.65. The summed E-state index contributed by atoms with van der Waals surface area (Å²) < 4.78 is 19.1. The first-order valence-electron chi connectivity index (χ1n) is 5.89. The largest absolute Gasteiger partial charge is 0.480 e. The fourth-order valence-corrected chi connectivity index (χ4v) is 2.65. The molecule has 2 aromatic rings. The summed E-state index contributed by atoms with van der Waals surface area (Å²) in [6.07, 6.45) is -0.264. The molecule has 1 N–H and O–H groups in total. The summed E-state index contributed by atoms with van der Waals surface area (Å²) >= 11 is 17.9. The molecule has 20 heavy (non-hydrogen) atoms. The van der Waals surface area contributed by atoms with Crippen molar-refractivity contribution in [2.45, 2.75) is 6.10 Å². The molecule has 2 aromatic carbocycles. The fourth-order valence-electron chi connectivity index (χ4n) is 2.10. The first-order chi connectivity index (χ1) is 9.54. The molecular formula is C14H9Cl3FNO. The van der Waals surface area contributed by atoms with Crippen LogP contribution in [0.3, 0.4) is 0 Å². The van der Waals surface area contributed by atoms with Gasteiger partial charge < -0.3 is 10.1 Å². The van der Waals surface area contributed by atoms with E-state index in [0.717, 1.165) is 5.56 Å². The number of nitrogens with one attached hydrogen (secondary N) is 1. The lowest BCUT2D eigenvalue weighted by molar-refractivity contribution is 0.210. The second kappa shape index (κ2) is 5.32. The molecule has 0 fully saturated rings. The molecule has 0 saturated carbocycles. The maximum Gasteiger partial charge on any atom is 0.162 e. The van der Waals surface area contributed by atoms with Gasteiger partial charge in [-0.2, -0.15) is 0 Å². The van der Waals surface area contributed by atoms with E-state index in [1.54, 1.807) is 12.1 Å². The monoisotopic (exact) mass is 331 g/mol. The van der Waals surface area contributed by atoms with E-state index in [1.807, 2.05) is 6.07 Å². The lowest BCUT2D eigenvalue weighted by Crippen LogP contribution is -2.24. The number of ether oxygens (including phenoxy) is 1. The normalized spacial score (nSPS) is 17.1. The summed E-state index contributed by atoms with van der Waals surface area (Å²) in [7, 11) is 0. The lowest BCUT2D eigenvalue weighted by atomic mass is 10.1. The highest BCUT2D eigenvalue weighted by Gasteiger charge is 2.24. The van der Waals surface area contributed by atoms with Crippen LogP contribution in [0, 0.1) is 5.82 Å². The second-order valence-electron chi connectivity index (χ2n) is 4.43.